The zero-order chi connectivity index (χ0) is 13.9. The molecule has 0 aromatic heterocycles. The number of ether oxygens (including phenoxy) is 1. The van der Waals surface area contributed by atoms with Crippen LogP contribution in [0.15, 0.2) is 0 Å². The largest absolute Gasteiger partial charge is 0.381 e. The fourth-order valence-electron chi connectivity index (χ4n) is 3.29. The van der Waals surface area contributed by atoms with Crippen molar-refractivity contribution in [3.63, 3.8) is 0 Å². The Kier molecular flexibility index (Phi) is 6.73. The Balaban J connectivity index is 0.00000200. The van der Waals surface area contributed by atoms with E-state index >= 15 is 0 Å². The molecule has 5 nitrogen and oxygen atoms in total. The maximum atomic E-state index is 12.3. The van der Waals surface area contributed by atoms with E-state index in [0.29, 0.717) is 25.7 Å². The number of hydrogen-bond donors (Lipinski definition) is 2. The highest BCUT2D eigenvalue weighted by Crippen LogP contribution is 2.33. The summed E-state index contributed by atoms with van der Waals surface area (Å²) in [6, 6.07) is 0. The summed E-state index contributed by atoms with van der Waals surface area (Å²) in [6.07, 6.45) is 4.96. The van der Waals surface area contributed by atoms with Crippen molar-refractivity contribution in [3.05, 3.63) is 0 Å². The Morgan fingerprint density at radius 3 is 2.65 bits per heavy atom. The molecule has 0 radical (unpaired) electrons. The van der Waals surface area contributed by atoms with E-state index in [9.17, 15) is 8.42 Å². The maximum absolute atomic E-state index is 12.3. The van der Waals surface area contributed by atoms with Gasteiger partial charge in [-0.15, -0.1) is 12.4 Å². The van der Waals surface area contributed by atoms with Crippen LogP contribution >= 0.6 is 12.4 Å². The van der Waals surface area contributed by atoms with Crippen LogP contribution in [0.5, 0.6) is 0 Å². The number of halogens is 1. The molecular weight excluding hydrogens is 300 g/mol. The average molecular weight is 327 g/mol. The zero-order valence-electron chi connectivity index (χ0n) is 12.1. The zero-order valence-corrected chi connectivity index (χ0v) is 13.8. The third kappa shape index (κ3) is 4.31. The van der Waals surface area contributed by atoms with E-state index in [2.05, 4.69) is 11.6 Å². The molecule has 2 rings (SSSR count). The molecule has 0 aromatic carbocycles. The van der Waals surface area contributed by atoms with Gasteiger partial charge in [0.15, 0.2) is 0 Å². The first kappa shape index (κ1) is 18.2. The molecule has 0 aromatic rings. The van der Waals surface area contributed by atoms with E-state index in [1.807, 2.05) is 0 Å². The first-order valence-electron chi connectivity index (χ1n) is 7.27. The lowest BCUT2D eigenvalue weighted by molar-refractivity contribution is 0.186. The SMILES string of the molecule is CC1CCCCC1(CN)NS(=O)(=O)CC1CCOC1.Cl. The number of nitrogens with two attached hydrogens (primary N) is 1. The van der Waals surface area contributed by atoms with Crippen LogP contribution in [0.1, 0.15) is 39.0 Å². The van der Waals surface area contributed by atoms with Crippen LogP contribution in [0.2, 0.25) is 0 Å². The van der Waals surface area contributed by atoms with E-state index in [1.54, 1.807) is 0 Å². The van der Waals surface area contributed by atoms with Crippen LogP contribution < -0.4 is 10.5 Å². The molecule has 1 saturated heterocycles. The first-order valence-corrected chi connectivity index (χ1v) is 8.92. The predicted octanol–water partition coefficient (Wildman–Crippen LogP) is 1.27. The molecule has 2 fully saturated rings. The highest BCUT2D eigenvalue weighted by molar-refractivity contribution is 7.89. The molecule has 1 aliphatic carbocycles. The molecule has 0 spiro atoms. The molecule has 0 bridgehead atoms. The second kappa shape index (κ2) is 7.40. The third-order valence-electron chi connectivity index (χ3n) is 4.66. The minimum absolute atomic E-state index is 0. The molecule has 3 N–H and O–H groups in total. The van der Waals surface area contributed by atoms with Gasteiger partial charge in [0.05, 0.1) is 12.4 Å². The first-order chi connectivity index (χ1) is 8.97. The van der Waals surface area contributed by atoms with Gasteiger partial charge in [0.1, 0.15) is 0 Å². The fourth-order valence-corrected chi connectivity index (χ4v) is 5.26. The summed E-state index contributed by atoms with van der Waals surface area (Å²) < 4.78 is 32.9. The van der Waals surface area contributed by atoms with Crippen molar-refractivity contribution in [3.8, 4) is 0 Å². The van der Waals surface area contributed by atoms with Crippen LogP contribution in [0.25, 0.3) is 0 Å². The molecule has 2 aliphatic rings. The third-order valence-corrected chi connectivity index (χ3v) is 6.28. The highest BCUT2D eigenvalue weighted by atomic mass is 35.5. The molecule has 120 valence electrons. The molecular formula is C13H27ClN2O3S. The number of nitrogens with one attached hydrogen (secondary N) is 1. The number of hydrogen-bond acceptors (Lipinski definition) is 4. The van der Waals surface area contributed by atoms with Crippen molar-refractivity contribution in [2.75, 3.05) is 25.5 Å². The monoisotopic (exact) mass is 326 g/mol. The molecule has 1 aliphatic heterocycles. The summed E-state index contributed by atoms with van der Waals surface area (Å²) in [4.78, 5) is 0. The van der Waals surface area contributed by atoms with E-state index in [1.165, 1.54) is 6.42 Å². The minimum Gasteiger partial charge on any atom is -0.381 e. The quantitative estimate of drug-likeness (QED) is 0.797. The van der Waals surface area contributed by atoms with Gasteiger partial charge in [-0.2, -0.15) is 0 Å². The van der Waals surface area contributed by atoms with Crippen LogP contribution in [-0.4, -0.2) is 39.5 Å². The minimum atomic E-state index is -3.28. The lowest BCUT2D eigenvalue weighted by Gasteiger charge is -2.42. The molecule has 0 amide bonds. The Hall–Kier alpha value is 0.120. The highest BCUT2D eigenvalue weighted by Gasteiger charge is 2.40. The molecule has 20 heavy (non-hydrogen) atoms. The van der Waals surface area contributed by atoms with Gasteiger partial charge >= 0.3 is 0 Å². The summed E-state index contributed by atoms with van der Waals surface area (Å²) in [5, 5.41) is 0. The molecule has 7 heteroatoms. The molecule has 1 saturated carbocycles. The topological polar surface area (TPSA) is 81.4 Å². The van der Waals surface area contributed by atoms with E-state index in [-0.39, 0.29) is 24.1 Å². The second-order valence-corrected chi connectivity index (χ2v) is 7.89. The summed E-state index contributed by atoms with van der Waals surface area (Å²) >= 11 is 0. The Labute approximate surface area is 128 Å². The summed E-state index contributed by atoms with van der Waals surface area (Å²) in [5.74, 6) is 0.605. The van der Waals surface area contributed by atoms with Crippen LogP contribution in [0, 0.1) is 11.8 Å². The van der Waals surface area contributed by atoms with Crippen LogP contribution in [0.3, 0.4) is 0 Å². The fraction of sp³-hybridized carbons (Fsp3) is 1.00. The van der Waals surface area contributed by atoms with Gasteiger partial charge in [-0.05, 0) is 31.1 Å². The lowest BCUT2D eigenvalue weighted by atomic mass is 9.74. The van der Waals surface area contributed by atoms with Gasteiger partial charge in [0, 0.05) is 18.7 Å². The Morgan fingerprint density at radius 2 is 2.10 bits per heavy atom. The van der Waals surface area contributed by atoms with Crippen LogP contribution in [0.4, 0.5) is 0 Å². The maximum Gasteiger partial charge on any atom is 0.212 e. The second-order valence-electron chi connectivity index (χ2n) is 6.12. The van der Waals surface area contributed by atoms with E-state index < -0.39 is 15.6 Å². The average Bonchev–Trinajstić information content (AvgIpc) is 2.84. The van der Waals surface area contributed by atoms with E-state index in [0.717, 1.165) is 25.7 Å². The van der Waals surface area contributed by atoms with Gasteiger partial charge in [-0.25, -0.2) is 13.1 Å². The van der Waals surface area contributed by atoms with Crippen molar-refractivity contribution >= 4 is 22.4 Å². The van der Waals surface area contributed by atoms with E-state index in [4.69, 9.17) is 10.5 Å². The smallest absolute Gasteiger partial charge is 0.212 e. The number of rotatable bonds is 5. The van der Waals surface area contributed by atoms with Crippen molar-refractivity contribution < 1.29 is 13.2 Å². The van der Waals surface area contributed by atoms with Gasteiger partial charge in [0.2, 0.25) is 10.0 Å². The van der Waals surface area contributed by atoms with Gasteiger partial charge in [0.25, 0.3) is 0 Å². The lowest BCUT2D eigenvalue weighted by Crippen LogP contribution is -2.59. The standard InChI is InChI=1S/C13H26N2O3S.ClH/c1-11-4-2-3-6-13(11,10-14)15-19(16,17)9-12-5-7-18-8-12;/h11-12,15H,2-10,14H2,1H3;1H. The van der Waals surface area contributed by atoms with Gasteiger partial charge in [-0.1, -0.05) is 19.8 Å². The predicted molar refractivity (Wildman–Crippen MR) is 82.5 cm³/mol. The molecule has 1 heterocycles. The van der Waals surface area contributed by atoms with Gasteiger partial charge in [-0.3, -0.25) is 0 Å². The summed E-state index contributed by atoms with van der Waals surface area (Å²) in [7, 11) is -3.28. The van der Waals surface area contributed by atoms with Crippen LogP contribution in [-0.2, 0) is 14.8 Å². The van der Waals surface area contributed by atoms with Crippen molar-refractivity contribution in [1.29, 1.82) is 0 Å². The normalized spacial score (nSPS) is 34.7. The van der Waals surface area contributed by atoms with Gasteiger partial charge < -0.3 is 10.5 Å². The molecule has 3 unspecified atom stereocenters. The Bertz CT molecular complexity index is 398. The van der Waals surface area contributed by atoms with Crippen molar-refractivity contribution in [2.45, 2.75) is 44.6 Å². The Morgan fingerprint density at radius 1 is 1.35 bits per heavy atom. The van der Waals surface area contributed by atoms with Crippen molar-refractivity contribution in [2.24, 2.45) is 17.6 Å². The molecule has 3 atom stereocenters. The summed E-state index contributed by atoms with van der Waals surface area (Å²) in [5.41, 5.74) is 5.46. The summed E-state index contributed by atoms with van der Waals surface area (Å²) in [6.45, 7) is 3.73. The number of sulfonamides is 1. The van der Waals surface area contributed by atoms with Crippen molar-refractivity contribution in [1.82, 2.24) is 4.72 Å².